The number of ether oxygens (including phenoxy) is 1. The van der Waals surface area contributed by atoms with Gasteiger partial charge in [-0.1, -0.05) is 87.4 Å². The third-order valence-corrected chi connectivity index (χ3v) is 7.41. The van der Waals surface area contributed by atoms with Gasteiger partial charge in [-0.05, 0) is 48.6 Å². The number of benzene rings is 2. The van der Waals surface area contributed by atoms with Gasteiger partial charge in [0.25, 0.3) is 5.97 Å². The van der Waals surface area contributed by atoms with Crippen LogP contribution in [0.4, 0.5) is 0 Å². The fourth-order valence-electron chi connectivity index (χ4n) is 4.98. The normalized spacial score (nSPS) is 24.4. The Balaban J connectivity index is 0.000000590. The fraction of sp³-hybridized carbons (Fsp3) is 0.444. The first kappa shape index (κ1) is 33.3. The number of carboxylic acids is 1. The Kier molecular flexibility index (Phi) is 11.3. The van der Waals surface area contributed by atoms with Gasteiger partial charge in [0, 0.05) is 58.4 Å². The topological polar surface area (TPSA) is 63.6 Å². The molecule has 7 heteroatoms. The molecule has 2 aliphatic carbocycles. The summed E-state index contributed by atoms with van der Waals surface area (Å²) in [5.41, 5.74) is 3.05. The molecule has 3 radical (unpaired) electrons. The van der Waals surface area contributed by atoms with E-state index in [-0.39, 0.29) is 75.2 Å². The number of esters is 1. The van der Waals surface area contributed by atoms with Gasteiger partial charge in [0.1, 0.15) is 0 Å². The van der Waals surface area contributed by atoms with E-state index in [1.54, 1.807) is 0 Å². The second-order valence-corrected chi connectivity index (χ2v) is 10.4. The van der Waals surface area contributed by atoms with Gasteiger partial charge < -0.3 is 9.84 Å². The van der Waals surface area contributed by atoms with Crippen molar-refractivity contribution in [3.05, 3.63) is 77.9 Å². The maximum Gasteiger partial charge on any atom is 0.314 e. The van der Waals surface area contributed by atoms with Crippen LogP contribution in [-0.2, 0) is 83.6 Å². The Bertz CT molecular complexity index is 1000. The van der Waals surface area contributed by atoms with E-state index in [0.717, 1.165) is 29.5 Å². The number of hydrogen-bond acceptors (Lipinski definition) is 3. The molecule has 0 amide bonds. The van der Waals surface area contributed by atoms with E-state index >= 15 is 0 Å². The van der Waals surface area contributed by atoms with Crippen LogP contribution in [0.2, 0.25) is 0 Å². The van der Waals surface area contributed by atoms with Crippen molar-refractivity contribution in [2.45, 2.75) is 65.2 Å². The van der Waals surface area contributed by atoms with Crippen LogP contribution in [0.1, 0.15) is 62.8 Å². The number of aryl methyl sites for hydroxylation is 2. The van der Waals surface area contributed by atoms with Gasteiger partial charge in [-0.3, -0.25) is 9.59 Å². The summed E-state index contributed by atoms with van der Waals surface area (Å²) in [7, 11) is 3.25. The largest absolute Gasteiger partial charge is 0.639 e. The molecule has 0 aliphatic heterocycles. The second-order valence-electron chi connectivity index (χ2n) is 10.4. The van der Waals surface area contributed by atoms with Crippen LogP contribution in [-0.4, -0.2) is 17.0 Å². The molecule has 2 aromatic carbocycles. The van der Waals surface area contributed by atoms with Crippen molar-refractivity contribution in [3.63, 3.8) is 0 Å². The molecule has 2 atom stereocenters. The van der Waals surface area contributed by atoms with Crippen molar-refractivity contribution in [2.75, 3.05) is 0 Å². The smallest absolute Gasteiger partial charge is 0.314 e. The summed E-state index contributed by atoms with van der Waals surface area (Å²) in [6, 6.07) is 15.9. The van der Waals surface area contributed by atoms with Gasteiger partial charge in [0.2, 0.25) is 0 Å². The van der Waals surface area contributed by atoms with Crippen molar-refractivity contribution in [1.82, 2.24) is 0 Å². The molecule has 34 heavy (non-hydrogen) atoms. The predicted molar refractivity (Wildman–Crippen MR) is 122 cm³/mol. The minimum atomic E-state index is -0.698. The number of carbonyl (C=O) groups is 2. The van der Waals surface area contributed by atoms with E-state index in [2.05, 4.69) is 21.0 Å². The summed E-state index contributed by atoms with van der Waals surface area (Å²) in [4.78, 5) is 23.3. The first-order valence-electron chi connectivity index (χ1n) is 10.7. The molecular formula is C27H33O4Rh3-. The average Bonchev–Trinajstić information content (AvgIpc) is 3.51. The molecule has 193 valence electrons. The summed E-state index contributed by atoms with van der Waals surface area (Å²) >= 11 is 0. The zero-order chi connectivity index (χ0) is 23.2. The van der Waals surface area contributed by atoms with E-state index in [9.17, 15) is 14.7 Å². The van der Waals surface area contributed by atoms with E-state index in [1.165, 1.54) is 5.56 Å². The molecule has 2 fully saturated rings. The number of rotatable bonds is 4. The second kappa shape index (κ2) is 11.5. The van der Waals surface area contributed by atoms with E-state index < -0.39 is 16.8 Å². The van der Waals surface area contributed by atoms with Gasteiger partial charge in [0.15, 0.2) is 0 Å². The van der Waals surface area contributed by atoms with E-state index in [1.807, 2.05) is 76.2 Å². The van der Waals surface area contributed by atoms with Crippen LogP contribution in [0.5, 0.6) is 0 Å². The molecule has 4 nitrogen and oxygen atoms in total. The minimum Gasteiger partial charge on any atom is -0.639 e. The third kappa shape index (κ3) is 5.63. The molecule has 0 aromatic heterocycles. The fourth-order valence-corrected chi connectivity index (χ4v) is 4.98. The third-order valence-electron chi connectivity index (χ3n) is 7.41. The Labute approximate surface area is 242 Å². The van der Waals surface area contributed by atoms with E-state index in [4.69, 9.17) is 4.74 Å². The maximum atomic E-state index is 11.9. The van der Waals surface area contributed by atoms with Gasteiger partial charge in [-0.2, -0.15) is 7.11 Å². The summed E-state index contributed by atoms with van der Waals surface area (Å²) in [5.74, 6) is -0.919. The molecule has 2 saturated carbocycles. The van der Waals surface area contributed by atoms with Gasteiger partial charge in [0.05, 0.1) is 10.8 Å². The molecule has 0 bridgehead atoms. The van der Waals surface area contributed by atoms with Gasteiger partial charge >= 0.3 is 5.97 Å². The quantitative estimate of drug-likeness (QED) is 0.248. The van der Waals surface area contributed by atoms with Crippen LogP contribution in [0, 0.1) is 31.8 Å². The van der Waals surface area contributed by atoms with Crippen LogP contribution >= 0.6 is 0 Å². The van der Waals surface area contributed by atoms with Crippen molar-refractivity contribution in [2.24, 2.45) is 10.8 Å². The molecule has 0 saturated heterocycles. The first-order chi connectivity index (χ1) is 14.3. The Hall–Kier alpha value is -0.750. The zero-order valence-electron chi connectivity index (χ0n) is 20.4. The molecule has 0 heterocycles. The molecule has 2 aromatic rings. The Morgan fingerprint density at radius 3 is 1.26 bits per heavy atom. The van der Waals surface area contributed by atoms with Crippen molar-refractivity contribution in [1.29, 1.82) is 0 Å². The first-order valence-corrected chi connectivity index (χ1v) is 10.7. The van der Waals surface area contributed by atoms with Gasteiger partial charge in [-0.25, -0.2) is 0 Å². The summed E-state index contributed by atoms with van der Waals surface area (Å²) in [6.07, 6.45) is 1.57. The molecule has 0 unspecified atom stereocenters. The van der Waals surface area contributed by atoms with Crippen LogP contribution in [0.15, 0.2) is 48.5 Å². The van der Waals surface area contributed by atoms with Gasteiger partial charge in [-0.15, -0.1) is 0 Å². The van der Waals surface area contributed by atoms with Crippen molar-refractivity contribution >= 4 is 11.9 Å². The minimum absolute atomic E-state index is 0. The predicted octanol–water partition coefficient (Wildman–Crippen LogP) is 5.74. The van der Waals surface area contributed by atoms with Crippen LogP contribution in [0.3, 0.4) is 0 Å². The molecule has 0 spiro atoms. The van der Waals surface area contributed by atoms with Crippen molar-refractivity contribution in [3.8, 4) is 0 Å². The molecule has 4 rings (SSSR count). The SMILES string of the molecule is Cc1ccc([C@]2(C(=O)O)CC2(C)C)cc1.[CH2-]OC(=O)[C@]1(c2ccc(C)cc2)CC1(C)C.[Rh].[Rh].[Rh]. The van der Waals surface area contributed by atoms with Crippen molar-refractivity contribution < 1.29 is 77.9 Å². The number of carboxylic acid groups (broad SMARTS) is 1. The standard InChI is InChI=1S/C14H17O2.C13H16O2.3Rh/c1-10-5-7-11(8-6-10)14(12(15)16-4)9-13(14,2)3;1-9-4-6-10(7-5-9)13(11(14)15)8-12(13,2)3;;;/h5-8H,4,9H2,1-3H3;4-7H,8H2,1-3H3,(H,14,15);;;/q-1;;;;/t14-;13-;;;/m10.../s1. The zero-order valence-corrected chi connectivity index (χ0v) is 25.3. The number of carbonyl (C=O) groups excluding carboxylic acids is 1. The monoisotopic (exact) mass is 730 g/mol. The van der Waals surface area contributed by atoms with Crippen LogP contribution < -0.4 is 0 Å². The molecular weight excluding hydrogens is 697 g/mol. The molecule has 2 aliphatic rings. The Morgan fingerprint density at radius 2 is 1.03 bits per heavy atom. The summed E-state index contributed by atoms with van der Waals surface area (Å²) in [5, 5.41) is 9.36. The number of hydrogen-bond donors (Lipinski definition) is 1. The van der Waals surface area contributed by atoms with Crippen LogP contribution in [0.25, 0.3) is 0 Å². The van der Waals surface area contributed by atoms with E-state index in [0.29, 0.717) is 0 Å². The maximum absolute atomic E-state index is 11.9. The molecule has 1 N–H and O–H groups in total. The summed E-state index contributed by atoms with van der Waals surface area (Å²) < 4.78 is 4.71. The Morgan fingerprint density at radius 1 is 0.735 bits per heavy atom. The summed E-state index contributed by atoms with van der Waals surface area (Å²) in [6.45, 7) is 12.2. The number of aliphatic carboxylic acids is 1. The average molecular weight is 730 g/mol.